The van der Waals surface area contributed by atoms with E-state index in [4.69, 9.17) is 9.47 Å². The van der Waals surface area contributed by atoms with Crippen LogP contribution in [-0.2, 0) is 30.5 Å². The molecule has 0 saturated carbocycles. The van der Waals surface area contributed by atoms with E-state index >= 15 is 0 Å². The zero-order chi connectivity index (χ0) is 23.6. The molecule has 0 saturated heterocycles. The van der Waals surface area contributed by atoms with Crippen molar-refractivity contribution in [1.29, 1.82) is 0 Å². The van der Waals surface area contributed by atoms with Crippen molar-refractivity contribution >= 4 is 17.8 Å². The summed E-state index contributed by atoms with van der Waals surface area (Å²) in [6, 6.07) is 8.96. The van der Waals surface area contributed by atoms with Crippen LogP contribution in [0.1, 0.15) is 52.5 Å². The third-order valence-corrected chi connectivity index (χ3v) is 5.83. The number of esters is 1. The summed E-state index contributed by atoms with van der Waals surface area (Å²) in [4.78, 5) is 38.7. The van der Waals surface area contributed by atoms with Crippen molar-refractivity contribution in [3.63, 3.8) is 0 Å². The Morgan fingerprint density at radius 3 is 2.16 bits per heavy atom. The van der Waals surface area contributed by atoms with Crippen molar-refractivity contribution in [3.8, 4) is 0 Å². The summed E-state index contributed by atoms with van der Waals surface area (Å²) >= 11 is 0. The SMILES string of the molecule is CC[C@H](C)[C@@H]([C@@H](CC(=O)O)OC)N(C)C(=O)[C@@H](CC(=O)OCc1ccccc1)C(C)C. The van der Waals surface area contributed by atoms with E-state index in [1.807, 2.05) is 58.0 Å². The third-order valence-electron chi connectivity index (χ3n) is 5.83. The minimum Gasteiger partial charge on any atom is -0.481 e. The molecule has 0 spiro atoms. The highest BCUT2D eigenvalue weighted by Crippen LogP contribution is 2.26. The zero-order valence-electron chi connectivity index (χ0n) is 19.5. The Labute approximate surface area is 185 Å². The molecule has 7 nitrogen and oxygen atoms in total. The van der Waals surface area contributed by atoms with Crippen LogP contribution in [0.3, 0.4) is 0 Å². The number of aliphatic carboxylic acids is 1. The van der Waals surface area contributed by atoms with Crippen molar-refractivity contribution in [2.45, 2.75) is 65.7 Å². The molecule has 1 amide bonds. The van der Waals surface area contributed by atoms with Gasteiger partial charge < -0.3 is 19.5 Å². The lowest BCUT2D eigenvalue weighted by molar-refractivity contribution is -0.154. The molecule has 1 N–H and O–H groups in total. The summed E-state index contributed by atoms with van der Waals surface area (Å²) < 4.78 is 10.8. The van der Waals surface area contributed by atoms with Crippen LogP contribution in [0, 0.1) is 17.8 Å². The predicted octanol–water partition coefficient (Wildman–Crippen LogP) is 3.75. The molecule has 7 heteroatoms. The Kier molecular flexibility index (Phi) is 11.3. The van der Waals surface area contributed by atoms with Crippen LogP contribution < -0.4 is 0 Å². The topological polar surface area (TPSA) is 93.1 Å². The summed E-state index contributed by atoms with van der Waals surface area (Å²) in [6.07, 6.45) is -0.113. The fraction of sp³-hybridized carbons (Fsp3) is 0.625. The Morgan fingerprint density at radius 2 is 1.68 bits per heavy atom. The zero-order valence-corrected chi connectivity index (χ0v) is 19.5. The second kappa shape index (κ2) is 13.1. The van der Waals surface area contributed by atoms with Crippen LogP contribution in [0.2, 0.25) is 0 Å². The molecular weight excluding hydrogens is 398 g/mol. The summed E-state index contributed by atoms with van der Waals surface area (Å²) in [6.45, 7) is 7.91. The Morgan fingerprint density at radius 1 is 1.06 bits per heavy atom. The number of amides is 1. The van der Waals surface area contributed by atoms with E-state index in [2.05, 4.69) is 0 Å². The standard InChI is InChI=1S/C24H37NO6/c1-7-17(4)23(20(30-6)14-21(26)27)25(5)24(29)19(16(2)3)13-22(28)31-15-18-11-9-8-10-12-18/h8-12,16-17,19-20,23H,7,13-15H2,1-6H3,(H,26,27)/t17-,19-,20+,23-/m0/s1. The van der Waals surface area contributed by atoms with Crippen LogP contribution in [-0.4, -0.2) is 54.2 Å². The molecule has 4 atom stereocenters. The number of carboxylic acid groups (broad SMARTS) is 1. The van der Waals surface area contributed by atoms with Gasteiger partial charge in [0.1, 0.15) is 6.61 Å². The van der Waals surface area contributed by atoms with Gasteiger partial charge in [-0.15, -0.1) is 0 Å². The molecule has 0 aromatic heterocycles. The first-order valence-electron chi connectivity index (χ1n) is 10.8. The van der Waals surface area contributed by atoms with Gasteiger partial charge in [-0.3, -0.25) is 14.4 Å². The second-order valence-electron chi connectivity index (χ2n) is 8.40. The second-order valence-corrected chi connectivity index (χ2v) is 8.40. The van der Waals surface area contributed by atoms with Gasteiger partial charge in [-0.05, 0) is 17.4 Å². The van der Waals surface area contributed by atoms with Gasteiger partial charge in [-0.2, -0.15) is 0 Å². The van der Waals surface area contributed by atoms with Gasteiger partial charge in [0.05, 0.1) is 30.9 Å². The summed E-state index contributed by atoms with van der Waals surface area (Å²) in [5, 5.41) is 9.26. The highest BCUT2D eigenvalue weighted by molar-refractivity contribution is 5.84. The molecule has 1 rings (SSSR count). The number of rotatable bonds is 13. The highest BCUT2D eigenvalue weighted by Gasteiger charge is 2.37. The van der Waals surface area contributed by atoms with Gasteiger partial charge >= 0.3 is 11.9 Å². The quantitative estimate of drug-likeness (QED) is 0.474. The molecule has 0 bridgehead atoms. The Balaban J connectivity index is 2.94. The first kappa shape index (κ1) is 26.6. The molecule has 1 aromatic rings. The fourth-order valence-electron chi connectivity index (χ4n) is 3.75. The van der Waals surface area contributed by atoms with Crippen molar-refractivity contribution < 1.29 is 29.0 Å². The number of nitrogens with zero attached hydrogens (tertiary/aromatic N) is 1. The van der Waals surface area contributed by atoms with Crippen molar-refractivity contribution in [1.82, 2.24) is 4.90 Å². The van der Waals surface area contributed by atoms with E-state index in [0.717, 1.165) is 12.0 Å². The minimum absolute atomic E-state index is 0.0242. The highest BCUT2D eigenvalue weighted by atomic mass is 16.5. The summed E-state index contributed by atoms with van der Waals surface area (Å²) in [7, 11) is 3.12. The molecule has 0 aliphatic carbocycles. The molecule has 0 aliphatic rings. The number of benzene rings is 1. The number of hydrogen-bond acceptors (Lipinski definition) is 5. The fourth-order valence-corrected chi connectivity index (χ4v) is 3.75. The largest absolute Gasteiger partial charge is 0.481 e. The van der Waals surface area contributed by atoms with Crippen molar-refractivity contribution in [2.75, 3.05) is 14.2 Å². The van der Waals surface area contributed by atoms with Crippen LogP contribution in [0.4, 0.5) is 0 Å². The van der Waals surface area contributed by atoms with Gasteiger partial charge in [0.2, 0.25) is 5.91 Å². The van der Waals surface area contributed by atoms with E-state index in [9.17, 15) is 19.5 Å². The molecule has 0 heterocycles. The number of methoxy groups -OCH3 is 1. The number of carbonyl (C=O) groups is 3. The first-order chi connectivity index (χ1) is 14.6. The lowest BCUT2D eigenvalue weighted by Crippen LogP contribution is -2.52. The van der Waals surface area contributed by atoms with Crippen LogP contribution >= 0.6 is 0 Å². The number of carbonyl (C=O) groups excluding carboxylic acids is 2. The molecule has 0 fully saturated rings. The summed E-state index contributed by atoms with van der Waals surface area (Å²) in [5.41, 5.74) is 0.883. The minimum atomic E-state index is -0.981. The number of ether oxygens (including phenoxy) is 2. The number of hydrogen-bond donors (Lipinski definition) is 1. The molecule has 1 aromatic carbocycles. The van der Waals surface area contributed by atoms with Crippen LogP contribution in [0.5, 0.6) is 0 Å². The van der Waals surface area contributed by atoms with E-state index in [1.165, 1.54) is 7.11 Å². The smallest absolute Gasteiger partial charge is 0.306 e. The maximum Gasteiger partial charge on any atom is 0.306 e. The maximum atomic E-state index is 13.4. The van der Waals surface area contributed by atoms with Crippen LogP contribution in [0.15, 0.2) is 30.3 Å². The van der Waals surface area contributed by atoms with Crippen molar-refractivity contribution in [3.05, 3.63) is 35.9 Å². The molecular formula is C24H37NO6. The molecule has 174 valence electrons. The lowest BCUT2D eigenvalue weighted by Gasteiger charge is -2.39. The van der Waals surface area contributed by atoms with E-state index in [1.54, 1.807) is 11.9 Å². The molecule has 0 unspecified atom stereocenters. The van der Waals surface area contributed by atoms with E-state index < -0.39 is 30.0 Å². The molecule has 0 aliphatic heterocycles. The monoisotopic (exact) mass is 435 g/mol. The summed E-state index contributed by atoms with van der Waals surface area (Å²) in [5.74, 6) is -2.25. The van der Waals surface area contributed by atoms with Gasteiger partial charge in [-0.25, -0.2) is 0 Å². The normalized spacial score (nSPS) is 15.1. The lowest BCUT2D eigenvalue weighted by atomic mass is 9.87. The van der Waals surface area contributed by atoms with Gasteiger partial charge in [-0.1, -0.05) is 64.4 Å². The molecule has 0 radical (unpaired) electrons. The molecule has 31 heavy (non-hydrogen) atoms. The maximum absolute atomic E-state index is 13.4. The van der Waals surface area contributed by atoms with Gasteiger partial charge in [0.15, 0.2) is 0 Å². The van der Waals surface area contributed by atoms with E-state index in [-0.39, 0.29) is 37.2 Å². The predicted molar refractivity (Wildman–Crippen MR) is 118 cm³/mol. The van der Waals surface area contributed by atoms with Gasteiger partial charge in [0, 0.05) is 14.2 Å². The Bertz CT molecular complexity index is 705. The van der Waals surface area contributed by atoms with E-state index in [0.29, 0.717) is 0 Å². The van der Waals surface area contributed by atoms with Gasteiger partial charge in [0.25, 0.3) is 0 Å². The third kappa shape index (κ3) is 8.32. The Hall–Kier alpha value is -2.41. The number of carboxylic acids is 1. The van der Waals surface area contributed by atoms with Crippen LogP contribution in [0.25, 0.3) is 0 Å². The first-order valence-corrected chi connectivity index (χ1v) is 10.8. The van der Waals surface area contributed by atoms with Crippen molar-refractivity contribution in [2.24, 2.45) is 17.8 Å². The average Bonchev–Trinajstić information content (AvgIpc) is 2.74. The number of likely N-dealkylation sites (N-methyl/N-ethyl adjacent to an activating group) is 1. The average molecular weight is 436 g/mol.